The molecule has 3 aromatic rings. The number of nitrogens with zero attached hydrogens (tertiary/aromatic N) is 3. The van der Waals surface area contributed by atoms with Crippen LogP contribution in [0, 0.1) is 6.92 Å². The Bertz CT molecular complexity index is 893. The Morgan fingerprint density at radius 3 is 2.70 bits per heavy atom. The zero-order valence-corrected chi connectivity index (χ0v) is 15.3. The van der Waals surface area contributed by atoms with Gasteiger partial charge in [-0.25, -0.2) is 4.98 Å². The number of anilines is 1. The van der Waals surface area contributed by atoms with Gasteiger partial charge in [0.1, 0.15) is 0 Å². The van der Waals surface area contributed by atoms with Crippen LogP contribution in [-0.2, 0) is 12.8 Å². The van der Waals surface area contributed by atoms with Crippen LogP contribution in [0.1, 0.15) is 47.8 Å². The summed E-state index contributed by atoms with van der Waals surface area (Å²) >= 11 is 3.25. The molecule has 0 aliphatic heterocycles. The number of nitrogens with one attached hydrogen (secondary N) is 1. The summed E-state index contributed by atoms with van der Waals surface area (Å²) in [6, 6.07) is 3.94. The van der Waals surface area contributed by atoms with Crippen molar-refractivity contribution in [3.63, 3.8) is 0 Å². The van der Waals surface area contributed by atoms with Gasteiger partial charge in [0.15, 0.2) is 0 Å². The number of aromatic nitrogens is 3. The predicted octanol–water partition coefficient (Wildman–Crippen LogP) is 3.82. The van der Waals surface area contributed by atoms with Gasteiger partial charge in [0, 0.05) is 21.5 Å². The van der Waals surface area contributed by atoms with Crippen molar-refractivity contribution in [3.8, 4) is 0 Å². The van der Waals surface area contributed by atoms with Gasteiger partial charge in [0.05, 0.1) is 6.04 Å². The number of hydrogen-bond donors (Lipinski definition) is 1. The van der Waals surface area contributed by atoms with E-state index in [0.29, 0.717) is 4.96 Å². The first-order chi connectivity index (χ1) is 11.0. The molecule has 1 N–H and O–H groups in total. The minimum Gasteiger partial charge on any atom is -0.353 e. The molecule has 0 aromatic carbocycles. The molecule has 0 amide bonds. The van der Waals surface area contributed by atoms with Gasteiger partial charge in [-0.05, 0) is 38.3 Å². The highest BCUT2D eigenvalue weighted by atomic mass is 32.1. The Hall–Kier alpha value is -1.73. The molecule has 0 spiro atoms. The van der Waals surface area contributed by atoms with E-state index >= 15 is 0 Å². The number of rotatable bonds is 5. The van der Waals surface area contributed by atoms with Gasteiger partial charge in [-0.1, -0.05) is 25.2 Å². The Labute approximate surface area is 143 Å². The highest BCUT2D eigenvalue weighted by Crippen LogP contribution is 2.30. The smallest absolute Gasteiger partial charge is 0.275 e. The maximum Gasteiger partial charge on any atom is 0.275 e. The molecule has 0 saturated carbocycles. The molecule has 0 saturated heterocycles. The van der Waals surface area contributed by atoms with E-state index in [-0.39, 0.29) is 11.6 Å². The van der Waals surface area contributed by atoms with Gasteiger partial charge < -0.3 is 5.32 Å². The summed E-state index contributed by atoms with van der Waals surface area (Å²) in [6.45, 7) is 8.44. The third-order valence-corrected chi connectivity index (χ3v) is 6.19. The second-order valence-electron chi connectivity index (χ2n) is 5.52. The largest absolute Gasteiger partial charge is 0.353 e. The Balaban J connectivity index is 1.88. The van der Waals surface area contributed by atoms with Crippen molar-refractivity contribution in [1.29, 1.82) is 0 Å². The molecule has 1 atom stereocenters. The molecule has 0 aliphatic rings. The first-order valence-corrected chi connectivity index (χ1v) is 9.40. The fourth-order valence-corrected chi connectivity index (χ4v) is 4.49. The van der Waals surface area contributed by atoms with Crippen molar-refractivity contribution < 1.29 is 0 Å². The minimum atomic E-state index is -0.121. The monoisotopic (exact) mass is 348 g/mol. The Kier molecular flexibility index (Phi) is 4.50. The van der Waals surface area contributed by atoms with Crippen LogP contribution in [-0.4, -0.2) is 14.6 Å². The SMILES string of the molecule is CCc1cc(=O)n2nc(NC(C)c3cc(C)c(CC)s3)sc2n1. The minimum absolute atomic E-state index is 0.121. The molecule has 3 rings (SSSR count). The first-order valence-electron chi connectivity index (χ1n) is 7.77. The summed E-state index contributed by atoms with van der Waals surface area (Å²) in [5.74, 6) is 0. The Morgan fingerprint density at radius 2 is 2.04 bits per heavy atom. The molecule has 0 radical (unpaired) electrons. The van der Waals surface area contributed by atoms with Gasteiger partial charge >= 0.3 is 0 Å². The molecule has 0 fully saturated rings. The van der Waals surface area contributed by atoms with E-state index in [2.05, 4.69) is 42.2 Å². The van der Waals surface area contributed by atoms with Crippen molar-refractivity contribution in [1.82, 2.24) is 14.6 Å². The molecule has 3 aromatic heterocycles. The highest BCUT2D eigenvalue weighted by Gasteiger charge is 2.14. The summed E-state index contributed by atoms with van der Waals surface area (Å²) in [4.78, 5) is 19.9. The second kappa shape index (κ2) is 6.41. The highest BCUT2D eigenvalue weighted by molar-refractivity contribution is 7.20. The zero-order chi connectivity index (χ0) is 16.6. The summed E-state index contributed by atoms with van der Waals surface area (Å²) in [6.07, 6.45) is 1.81. The van der Waals surface area contributed by atoms with Crippen LogP contribution in [0.2, 0.25) is 0 Å². The molecule has 1 unspecified atom stereocenters. The van der Waals surface area contributed by atoms with Crippen molar-refractivity contribution in [2.75, 3.05) is 5.32 Å². The number of fused-ring (bicyclic) bond motifs is 1. The van der Waals surface area contributed by atoms with Crippen LogP contribution in [0.3, 0.4) is 0 Å². The Morgan fingerprint density at radius 1 is 1.26 bits per heavy atom. The third kappa shape index (κ3) is 3.16. The van der Waals surface area contributed by atoms with Crippen LogP contribution >= 0.6 is 22.7 Å². The molecule has 7 heteroatoms. The van der Waals surface area contributed by atoms with Crippen molar-refractivity contribution >= 4 is 32.8 Å². The average molecular weight is 348 g/mol. The quantitative estimate of drug-likeness (QED) is 0.761. The average Bonchev–Trinajstić information content (AvgIpc) is 3.10. The fourth-order valence-electron chi connectivity index (χ4n) is 2.46. The molecule has 122 valence electrons. The summed E-state index contributed by atoms with van der Waals surface area (Å²) in [5.41, 5.74) is 2.03. The van der Waals surface area contributed by atoms with E-state index in [1.165, 1.54) is 31.2 Å². The van der Waals surface area contributed by atoms with E-state index in [9.17, 15) is 4.79 Å². The van der Waals surface area contributed by atoms with Crippen molar-refractivity contribution in [2.24, 2.45) is 0 Å². The van der Waals surface area contributed by atoms with Crippen molar-refractivity contribution in [2.45, 2.75) is 46.6 Å². The van der Waals surface area contributed by atoms with Gasteiger partial charge in [0.25, 0.3) is 5.56 Å². The van der Waals surface area contributed by atoms with E-state index < -0.39 is 0 Å². The molecule has 0 aliphatic carbocycles. The number of hydrogen-bond acceptors (Lipinski definition) is 6. The topological polar surface area (TPSA) is 59.3 Å². The van der Waals surface area contributed by atoms with E-state index in [1.807, 2.05) is 18.3 Å². The molecule has 23 heavy (non-hydrogen) atoms. The summed E-state index contributed by atoms with van der Waals surface area (Å²) in [7, 11) is 0. The lowest BCUT2D eigenvalue weighted by Crippen LogP contribution is -2.15. The van der Waals surface area contributed by atoms with Gasteiger partial charge in [-0.3, -0.25) is 4.79 Å². The molecule has 0 bridgehead atoms. The predicted molar refractivity (Wildman–Crippen MR) is 97.0 cm³/mol. The van der Waals surface area contributed by atoms with E-state index in [0.717, 1.165) is 23.7 Å². The number of aryl methyl sites for hydroxylation is 3. The second-order valence-corrected chi connectivity index (χ2v) is 7.64. The van der Waals surface area contributed by atoms with Crippen molar-refractivity contribution in [3.05, 3.63) is 43.5 Å². The van der Waals surface area contributed by atoms with E-state index in [4.69, 9.17) is 0 Å². The lowest BCUT2D eigenvalue weighted by atomic mass is 10.2. The van der Waals surface area contributed by atoms with Crippen LogP contribution in [0.5, 0.6) is 0 Å². The fraction of sp³-hybridized carbons (Fsp3) is 0.438. The third-order valence-electron chi connectivity index (χ3n) is 3.79. The molecular weight excluding hydrogens is 328 g/mol. The van der Waals surface area contributed by atoms with Gasteiger partial charge in [-0.2, -0.15) is 4.52 Å². The lowest BCUT2D eigenvalue weighted by molar-refractivity contribution is 0.849. The summed E-state index contributed by atoms with van der Waals surface area (Å²) in [5, 5.41) is 8.47. The zero-order valence-electron chi connectivity index (χ0n) is 13.7. The maximum atomic E-state index is 12.1. The first kappa shape index (κ1) is 16.1. The molecular formula is C16H20N4OS2. The van der Waals surface area contributed by atoms with Crippen LogP contribution in [0.25, 0.3) is 4.96 Å². The van der Waals surface area contributed by atoms with Gasteiger partial charge in [-0.15, -0.1) is 16.4 Å². The van der Waals surface area contributed by atoms with Crippen LogP contribution in [0.4, 0.5) is 5.13 Å². The van der Waals surface area contributed by atoms with Gasteiger partial charge in [0.2, 0.25) is 10.1 Å². The van der Waals surface area contributed by atoms with Crippen LogP contribution in [0.15, 0.2) is 16.9 Å². The van der Waals surface area contributed by atoms with Crippen LogP contribution < -0.4 is 10.9 Å². The normalized spacial score (nSPS) is 12.7. The standard InChI is InChI=1S/C16H20N4OS2/c1-5-11-8-14(21)20-16(18-11)23-15(19-20)17-10(4)13-7-9(3)12(6-2)22-13/h7-8,10H,5-6H2,1-4H3,(H,17,19). The molecule has 5 nitrogen and oxygen atoms in total. The van der Waals surface area contributed by atoms with E-state index in [1.54, 1.807) is 6.07 Å². The lowest BCUT2D eigenvalue weighted by Gasteiger charge is -2.09. The maximum absolute atomic E-state index is 12.1. The summed E-state index contributed by atoms with van der Waals surface area (Å²) < 4.78 is 1.37. The molecule has 3 heterocycles. The number of thiophene rings is 1.